The van der Waals surface area contributed by atoms with Crippen molar-refractivity contribution in [3.8, 4) is 5.75 Å². The second-order valence-electron chi connectivity index (χ2n) is 5.97. The molecule has 0 saturated heterocycles. The lowest BCUT2D eigenvalue weighted by molar-refractivity contribution is 0.291. The van der Waals surface area contributed by atoms with Crippen molar-refractivity contribution in [1.82, 2.24) is 9.55 Å². The Bertz CT molecular complexity index is 1030. The number of ether oxygens (including phenoxy) is 1. The SMILES string of the molecule is Clc1ccc(OCc2nc3ccccc3n2Cc2ccc(Br)cc2)cc1. The van der Waals surface area contributed by atoms with E-state index in [-0.39, 0.29) is 0 Å². The highest BCUT2D eigenvalue weighted by Crippen LogP contribution is 2.21. The van der Waals surface area contributed by atoms with Gasteiger partial charge in [0.15, 0.2) is 0 Å². The molecule has 0 aliphatic carbocycles. The summed E-state index contributed by atoms with van der Waals surface area (Å²) in [6.45, 7) is 1.14. The number of hydrogen-bond donors (Lipinski definition) is 0. The van der Waals surface area contributed by atoms with Gasteiger partial charge in [0.05, 0.1) is 11.0 Å². The Labute approximate surface area is 165 Å². The minimum absolute atomic E-state index is 0.396. The molecule has 1 heterocycles. The maximum Gasteiger partial charge on any atom is 0.148 e. The van der Waals surface area contributed by atoms with Crippen molar-refractivity contribution in [2.75, 3.05) is 0 Å². The molecule has 5 heteroatoms. The van der Waals surface area contributed by atoms with E-state index in [1.54, 1.807) is 0 Å². The second-order valence-corrected chi connectivity index (χ2v) is 7.32. The maximum atomic E-state index is 5.93. The first kappa shape index (κ1) is 17.1. The number of aromatic nitrogens is 2. The average molecular weight is 428 g/mol. The Hall–Kier alpha value is -2.30. The van der Waals surface area contributed by atoms with E-state index in [1.807, 2.05) is 42.5 Å². The maximum absolute atomic E-state index is 5.93. The van der Waals surface area contributed by atoms with Crippen molar-refractivity contribution in [1.29, 1.82) is 0 Å². The molecule has 4 rings (SSSR count). The molecule has 0 atom stereocenters. The standard InChI is InChI=1S/C21H16BrClN2O/c22-16-7-5-15(6-8-16)13-25-20-4-2-1-3-19(20)24-21(25)14-26-18-11-9-17(23)10-12-18/h1-12H,13-14H2. The summed E-state index contributed by atoms with van der Waals surface area (Å²) in [5, 5.41) is 0.694. The average Bonchev–Trinajstić information content (AvgIpc) is 3.01. The summed E-state index contributed by atoms with van der Waals surface area (Å²) >= 11 is 9.42. The van der Waals surface area contributed by atoms with Gasteiger partial charge in [-0.25, -0.2) is 4.98 Å². The fourth-order valence-corrected chi connectivity index (χ4v) is 3.25. The Balaban J connectivity index is 1.64. The molecule has 0 unspecified atom stereocenters. The minimum Gasteiger partial charge on any atom is -0.486 e. The van der Waals surface area contributed by atoms with Gasteiger partial charge < -0.3 is 9.30 Å². The van der Waals surface area contributed by atoms with Gasteiger partial charge in [-0.15, -0.1) is 0 Å². The van der Waals surface area contributed by atoms with Gasteiger partial charge in [0.25, 0.3) is 0 Å². The first-order valence-corrected chi connectivity index (χ1v) is 9.43. The molecule has 3 nitrogen and oxygen atoms in total. The van der Waals surface area contributed by atoms with E-state index in [1.165, 1.54) is 5.56 Å². The number of imidazole rings is 1. The topological polar surface area (TPSA) is 27.1 Å². The van der Waals surface area contributed by atoms with Crippen LogP contribution in [-0.2, 0) is 13.2 Å². The van der Waals surface area contributed by atoms with Crippen LogP contribution in [0, 0.1) is 0 Å². The van der Waals surface area contributed by atoms with Gasteiger partial charge in [0.1, 0.15) is 18.2 Å². The molecule has 0 radical (unpaired) electrons. The predicted octanol–water partition coefficient (Wildman–Crippen LogP) is 6.08. The number of halogens is 2. The third kappa shape index (κ3) is 3.76. The fourth-order valence-electron chi connectivity index (χ4n) is 2.86. The zero-order valence-corrected chi connectivity index (χ0v) is 16.2. The normalized spacial score (nSPS) is 11.0. The first-order valence-electron chi connectivity index (χ1n) is 8.26. The molecular weight excluding hydrogens is 412 g/mol. The summed E-state index contributed by atoms with van der Waals surface area (Å²) in [6.07, 6.45) is 0. The van der Waals surface area contributed by atoms with Crippen LogP contribution >= 0.6 is 27.5 Å². The van der Waals surface area contributed by atoms with Gasteiger partial charge in [-0.05, 0) is 54.1 Å². The fraction of sp³-hybridized carbons (Fsp3) is 0.0952. The second kappa shape index (κ2) is 7.52. The van der Waals surface area contributed by atoms with E-state index >= 15 is 0 Å². The van der Waals surface area contributed by atoms with Crippen LogP contribution < -0.4 is 4.74 Å². The van der Waals surface area contributed by atoms with E-state index in [4.69, 9.17) is 21.3 Å². The van der Waals surface area contributed by atoms with Gasteiger partial charge in [0.2, 0.25) is 0 Å². The van der Waals surface area contributed by atoms with Gasteiger partial charge >= 0.3 is 0 Å². The molecule has 0 N–H and O–H groups in total. The summed E-state index contributed by atoms with van der Waals surface area (Å²) < 4.78 is 9.20. The molecule has 0 aliphatic rings. The number of hydrogen-bond acceptors (Lipinski definition) is 2. The molecule has 4 aromatic rings. The molecule has 26 heavy (non-hydrogen) atoms. The number of rotatable bonds is 5. The van der Waals surface area contributed by atoms with Gasteiger partial charge in [-0.3, -0.25) is 0 Å². The van der Waals surface area contributed by atoms with E-state index < -0.39 is 0 Å². The molecule has 0 fully saturated rings. The smallest absolute Gasteiger partial charge is 0.148 e. The zero-order valence-electron chi connectivity index (χ0n) is 13.9. The van der Waals surface area contributed by atoms with Crippen LogP contribution in [0.25, 0.3) is 11.0 Å². The van der Waals surface area contributed by atoms with Gasteiger partial charge in [-0.2, -0.15) is 0 Å². The van der Waals surface area contributed by atoms with Crippen LogP contribution in [0.2, 0.25) is 5.02 Å². The molecule has 0 spiro atoms. The summed E-state index contributed by atoms with van der Waals surface area (Å²) in [7, 11) is 0. The highest BCUT2D eigenvalue weighted by atomic mass is 79.9. The lowest BCUT2D eigenvalue weighted by Crippen LogP contribution is -2.08. The van der Waals surface area contributed by atoms with Crippen molar-refractivity contribution in [2.24, 2.45) is 0 Å². The van der Waals surface area contributed by atoms with Crippen molar-refractivity contribution < 1.29 is 4.74 Å². The third-order valence-corrected chi connectivity index (χ3v) is 4.95. The Morgan fingerprint density at radius 3 is 2.42 bits per heavy atom. The van der Waals surface area contributed by atoms with Crippen molar-refractivity contribution in [2.45, 2.75) is 13.2 Å². The van der Waals surface area contributed by atoms with Crippen LogP contribution in [0.15, 0.2) is 77.3 Å². The molecule has 0 aliphatic heterocycles. The predicted molar refractivity (Wildman–Crippen MR) is 109 cm³/mol. The summed E-state index contributed by atoms with van der Waals surface area (Å²) in [6, 6.07) is 23.9. The molecule has 1 aromatic heterocycles. The first-order chi connectivity index (χ1) is 12.7. The number of para-hydroxylation sites is 2. The largest absolute Gasteiger partial charge is 0.486 e. The van der Waals surface area contributed by atoms with Gasteiger partial charge in [-0.1, -0.05) is 51.8 Å². The molecular formula is C21H16BrClN2O. The zero-order chi connectivity index (χ0) is 17.9. The molecule has 0 saturated carbocycles. The summed E-state index contributed by atoms with van der Waals surface area (Å²) in [5.41, 5.74) is 3.29. The number of benzene rings is 3. The molecule has 130 valence electrons. The Kier molecular flexibility index (Phi) is 4.96. The van der Waals surface area contributed by atoms with E-state index in [0.717, 1.165) is 33.6 Å². The van der Waals surface area contributed by atoms with Crippen LogP contribution in [0.1, 0.15) is 11.4 Å². The van der Waals surface area contributed by atoms with Crippen molar-refractivity contribution in [3.63, 3.8) is 0 Å². The van der Waals surface area contributed by atoms with Crippen LogP contribution in [0.4, 0.5) is 0 Å². The third-order valence-electron chi connectivity index (χ3n) is 4.17. The minimum atomic E-state index is 0.396. The lowest BCUT2D eigenvalue weighted by atomic mass is 10.2. The Morgan fingerprint density at radius 1 is 0.923 bits per heavy atom. The number of fused-ring (bicyclic) bond motifs is 1. The molecule has 3 aromatic carbocycles. The Morgan fingerprint density at radius 2 is 1.65 bits per heavy atom. The van der Waals surface area contributed by atoms with Crippen LogP contribution in [0.3, 0.4) is 0 Å². The van der Waals surface area contributed by atoms with Crippen LogP contribution in [0.5, 0.6) is 5.75 Å². The van der Waals surface area contributed by atoms with Crippen LogP contribution in [-0.4, -0.2) is 9.55 Å². The van der Waals surface area contributed by atoms with Crippen molar-refractivity contribution in [3.05, 3.63) is 93.7 Å². The number of nitrogens with zero attached hydrogens (tertiary/aromatic N) is 2. The van der Waals surface area contributed by atoms with Crippen molar-refractivity contribution >= 4 is 38.6 Å². The molecule has 0 amide bonds. The highest BCUT2D eigenvalue weighted by molar-refractivity contribution is 9.10. The monoisotopic (exact) mass is 426 g/mol. The summed E-state index contributed by atoms with van der Waals surface area (Å²) in [4.78, 5) is 4.76. The van der Waals surface area contributed by atoms with E-state index in [0.29, 0.717) is 11.6 Å². The highest BCUT2D eigenvalue weighted by Gasteiger charge is 2.11. The van der Waals surface area contributed by atoms with E-state index in [2.05, 4.69) is 50.8 Å². The van der Waals surface area contributed by atoms with Gasteiger partial charge in [0, 0.05) is 16.0 Å². The molecule has 0 bridgehead atoms. The summed E-state index contributed by atoms with van der Waals surface area (Å²) in [5.74, 6) is 1.67. The van der Waals surface area contributed by atoms with E-state index in [9.17, 15) is 0 Å². The lowest BCUT2D eigenvalue weighted by Gasteiger charge is -2.11. The quantitative estimate of drug-likeness (QED) is 0.386.